The Bertz CT molecular complexity index is 947. The first kappa shape index (κ1) is 21.3. The average Bonchev–Trinajstić information content (AvgIpc) is 2.67. The van der Waals surface area contributed by atoms with E-state index in [0.29, 0.717) is 11.4 Å². The zero-order valence-corrected chi connectivity index (χ0v) is 16.0. The van der Waals surface area contributed by atoms with Crippen molar-refractivity contribution in [1.29, 1.82) is 0 Å². The summed E-state index contributed by atoms with van der Waals surface area (Å²) in [7, 11) is -2.73. The van der Waals surface area contributed by atoms with Crippen molar-refractivity contribution in [3.05, 3.63) is 54.3 Å². The van der Waals surface area contributed by atoms with Gasteiger partial charge < -0.3 is 14.8 Å². The highest BCUT2D eigenvalue weighted by atomic mass is 32.2. The van der Waals surface area contributed by atoms with Gasteiger partial charge >= 0.3 is 5.97 Å². The molecule has 0 spiro atoms. The molecule has 0 radical (unpaired) electrons. The number of hydrogen-bond acceptors (Lipinski definition) is 6. The number of rotatable bonds is 8. The van der Waals surface area contributed by atoms with Crippen LogP contribution >= 0.6 is 0 Å². The number of hydrogen-bond donors (Lipinski definition) is 2. The van der Waals surface area contributed by atoms with Crippen molar-refractivity contribution < 1.29 is 31.9 Å². The predicted molar refractivity (Wildman–Crippen MR) is 98.8 cm³/mol. The molecule has 1 atom stereocenters. The van der Waals surface area contributed by atoms with Gasteiger partial charge in [-0.2, -0.15) is 4.72 Å². The van der Waals surface area contributed by atoms with E-state index in [1.165, 1.54) is 26.2 Å². The van der Waals surface area contributed by atoms with Crippen LogP contribution in [0, 0.1) is 5.82 Å². The lowest BCUT2D eigenvalue weighted by Crippen LogP contribution is -2.36. The van der Waals surface area contributed by atoms with E-state index in [4.69, 9.17) is 9.47 Å². The van der Waals surface area contributed by atoms with Gasteiger partial charge in [0.2, 0.25) is 10.0 Å². The number of halogens is 1. The van der Waals surface area contributed by atoms with Gasteiger partial charge in [0.05, 0.1) is 7.11 Å². The first-order valence-electron chi connectivity index (χ1n) is 8.11. The molecular weight excluding hydrogens is 391 g/mol. The molecule has 0 saturated heterocycles. The average molecular weight is 410 g/mol. The molecule has 0 heterocycles. The molecule has 150 valence electrons. The Balaban J connectivity index is 1.87. The third-order valence-electron chi connectivity index (χ3n) is 3.57. The summed E-state index contributed by atoms with van der Waals surface area (Å²) >= 11 is 0. The SMILES string of the molecule is COc1ccc(NC(=O)[C@@H](C)OC(=O)CNS(=O)(=O)c2ccccc2F)cc1. The Labute approximate surface area is 161 Å². The second-order valence-electron chi connectivity index (χ2n) is 5.60. The summed E-state index contributed by atoms with van der Waals surface area (Å²) in [6.45, 7) is 0.582. The Morgan fingerprint density at radius 3 is 2.36 bits per heavy atom. The maximum atomic E-state index is 13.6. The van der Waals surface area contributed by atoms with E-state index in [1.54, 1.807) is 24.3 Å². The fourth-order valence-corrected chi connectivity index (χ4v) is 3.15. The van der Waals surface area contributed by atoms with Crippen LogP contribution in [0.3, 0.4) is 0 Å². The van der Waals surface area contributed by atoms with Crippen LogP contribution in [0.4, 0.5) is 10.1 Å². The van der Waals surface area contributed by atoms with Crippen molar-refractivity contribution in [2.24, 2.45) is 0 Å². The minimum atomic E-state index is -4.24. The molecule has 0 saturated carbocycles. The highest BCUT2D eigenvalue weighted by Gasteiger charge is 2.22. The number of carbonyl (C=O) groups excluding carboxylic acids is 2. The fourth-order valence-electron chi connectivity index (χ4n) is 2.10. The largest absolute Gasteiger partial charge is 0.497 e. The highest BCUT2D eigenvalue weighted by molar-refractivity contribution is 7.89. The fraction of sp³-hybridized carbons (Fsp3) is 0.222. The van der Waals surface area contributed by atoms with Crippen molar-refractivity contribution >= 4 is 27.6 Å². The van der Waals surface area contributed by atoms with Gasteiger partial charge in [-0.25, -0.2) is 12.8 Å². The Morgan fingerprint density at radius 2 is 1.75 bits per heavy atom. The lowest BCUT2D eigenvalue weighted by atomic mass is 10.3. The quantitative estimate of drug-likeness (QED) is 0.641. The molecule has 0 bridgehead atoms. The van der Waals surface area contributed by atoms with Gasteiger partial charge in [-0.15, -0.1) is 0 Å². The normalized spacial score (nSPS) is 12.1. The number of nitrogens with one attached hydrogen (secondary N) is 2. The molecule has 2 N–H and O–H groups in total. The zero-order valence-electron chi connectivity index (χ0n) is 15.1. The number of methoxy groups -OCH3 is 1. The van der Waals surface area contributed by atoms with Gasteiger partial charge in [0, 0.05) is 5.69 Å². The number of anilines is 1. The highest BCUT2D eigenvalue weighted by Crippen LogP contribution is 2.15. The molecule has 2 aromatic rings. The van der Waals surface area contributed by atoms with Crippen LogP contribution in [0.5, 0.6) is 5.75 Å². The van der Waals surface area contributed by atoms with Crippen LogP contribution in [-0.4, -0.2) is 40.1 Å². The lowest BCUT2D eigenvalue weighted by Gasteiger charge is -2.14. The molecule has 10 heteroatoms. The number of benzene rings is 2. The lowest BCUT2D eigenvalue weighted by molar-refractivity contribution is -0.151. The van der Waals surface area contributed by atoms with Crippen molar-refractivity contribution in [2.45, 2.75) is 17.9 Å². The first-order valence-corrected chi connectivity index (χ1v) is 9.60. The summed E-state index contributed by atoms with van der Waals surface area (Å²) in [5.74, 6) is -1.93. The van der Waals surface area contributed by atoms with Crippen molar-refractivity contribution in [3.63, 3.8) is 0 Å². The monoisotopic (exact) mass is 410 g/mol. The van der Waals surface area contributed by atoms with E-state index in [-0.39, 0.29) is 0 Å². The molecule has 8 nitrogen and oxygen atoms in total. The van der Waals surface area contributed by atoms with Crippen LogP contribution in [0.1, 0.15) is 6.92 Å². The van der Waals surface area contributed by atoms with Gasteiger partial charge in [-0.1, -0.05) is 12.1 Å². The topological polar surface area (TPSA) is 111 Å². The van der Waals surface area contributed by atoms with Gasteiger partial charge in [0.25, 0.3) is 5.91 Å². The molecule has 0 fully saturated rings. The maximum Gasteiger partial charge on any atom is 0.321 e. The third-order valence-corrected chi connectivity index (χ3v) is 5.00. The van der Waals surface area contributed by atoms with Gasteiger partial charge in [0.15, 0.2) is 6.10 Å². The summed E-state index contributed by atoms with van der Waals surface area (Å²) in [5.41, 5.74) is 0.467. The number of amides is 1. The number of carbonyl (C=O) groups is 2. The molecule has 0 aliphatic rings. The molecule has 0 unspecified atom stereocenters. The van der Waals surface area contributed by atoms with E-state index in [0.717, 1.165) is 12.1 Å². The molecule has 2 rings (SSSR count). The second-order valence-corrected chi connectivity index (χ2v) is 7.34. The smallest absolute Gasteiger partial charge is 0.321 e. The summed E-state index contributed by atoms with van der Waals surface area (Å²) in [5, 5.41) is 2.54. The molecular formula is C18H19FN2O6S. The Morgan fingerprint density at radius 1 is 1.11 bits per heavy atom. The van der Waals surface area contributed by atoms with Crippen LogP contribution in [-0.2, 0) is 24.3 Å². The molecule has 1 amide bonds. The van der Waals surface area contributed by atoms with Crippen LogP contribution < -0.4 is 14.8 Å². The second kappa shape index (κ2) is 9.29. The van der Waals surface area contributed by atoms with Gasteiger partial charge in [-0.05, 0) is 43.3 Å². The third kappa shape index (κ3) is 5.76. The van der Waals surface area contributed by atoms with E-state index < -0.39 is 45.3 Å². The summed E-state index contributed by atoms with van der Waals surface area (Å²) in [6.07, 6.45) is -1.17. The molecule has 0 aromatic heterocycles. The van der Waals surface area contributed by atoms with Crippen LogP contribution in [0.2, 0.25) is 0 Å². The molecule has 28 heavy (non-hydrogen) atoms. The summed E-state index contributed by atoms with van der Waals surface area (Å²) in [4.78, 5) is 23.3. The molecule has 0 aliphatic heterocycles. The molecule has 2 aromatic carbocycles. The zero-order chi connectivity index (χ0) is 20.7. The standard InChI is InChI=1S/C18H19FN2O6S/c1-12(18(23)21-13-7-9-14(26-2)10-8-13)27-17(22)11-20-28(24,25)16-6-4-3-5-15(16)19/h3-10,12,20H,11H2,1-2H3,(H,21,23)/t12-/m1/s1. The van der Waals surface area contributed by atoms with E-state index in [2.05, 4.69) is 5.32 Å². The first-order chi connectivity index (χ1) is 13.2. The summed E-state index contributed by atoms with van der Waals surface area (Å²) in [6, 6.07) is 11.2. The molecule has 0 aliphatic carbocycles. The maximum absolute atomic E-state index is 13.6. The van der Waals surface area contributed by atoms with Crippen LogP contribution in [0.15, 0.2) is 53.4 Å². The van der Waals surface area contributed by atoms with Gasteiger partial charge in [0.1, 0.15) is 23.0 Å². The minimum Gasteiger partial charge on any atom is -0.497 e. The Hall–Kier alpha value is -2.98. The number of ether oxygens (including phenoxy) is 2. The van der Waals surface area contributed by atoms with E-state index in [1.807, 2.05) is 4.72 Å². The van der Waals surface area contributed by atoms with Crippen LogP contribution in [0.25, 0.3) is 0 Å². The minimum absolute atomic E-state index is 0.467. The van der Waals surface area contributed by atoms with E-state index in [9.17, 15) is 22.4 Å². The Kier molecular flexibility index (Phi) is 7.07. The summed E-state index contributed by atoms with van der Waals surface area (Å²) < 4.78 is 49.5. The predicted octanol–water partition coefficient (Wildman–Crippen LogP) is 1.68. The number of esters is 1. The number of sulfonamides is 1. The van der Waals surface area contributed by atoms with Gasteiger partial charge in [-0.3, -0.25) is 9.59 Å². The van der Waals surface area contributed by atoms with Crippen molar-refractivity contribution in [2.75, 3.05) is 19.0 Å². The van der Waals surface area contributed by atoms with Crippen molar-refractivity contribution in [3.8, 4) is 5.75 Å². The van der Waals surface area contributed by atoms with Crippen molar-refractivity contribution in [1.82, 2.24) is 4.72 Å². The van der Waals surface area contributed by atoms with E-state index >= 15 is 0 Å².